The molecule has 0 amide bonds. The number of aryl methyl sites for hydroxylation is 1. The van der Waals surface area contributed by atoms with Crippen molar-refractivity contribution in [3.8, 4) is 0 Å². The molecular weight excluding hydrogens is 238 g/mol. The number of rotatable bonds is 3. The average molecular weight is 261 g/mol. The van der Waals surface area contributed by atoms with Gasteiger partial charge in [0.05, 0.1) is 0 Å². The molecule has 3 nitrogen and oxygen atoms in total. The molecule has 0 atom stereocenters. The van der Waals surface area contributed by atoms with Crippen LogP contribution in [0.2, 0.25) is 0 Å². The Morgan fingerprint density at radius 1 is 1.11 bits per heavy atom. The van der Waals surface area contributed by atoms with Crippen molar-refractivity contribution in [1.82, 2.24) is 0 Å². The summed E-state index contributed by atoms with van der Waals surface area (Å²) in [6.45, 7) is 6.45. The van der Waals surface area contributed by atoms with E-state index in [-0.39, 0.29) is 5.41 Å². The summed E-state index contributed by atoms with van der Waals surface area (Å²) in [5.41, 5.74) is 1.53. The van der Waals surface area contributed by atoms with Crippen molar-refractivity contribution in [2.45, 2.75) is 52.0 Å². The van der Waals surface area contributed by atoms with Crippen molar-refractivity contribution in [2.75, 3.05) is 5.32 Å². The summed E-state index contributed by atoms with van der Waals surface area (Å²) in [5, 5.41) is 12.9. The molecule has 0 radical (unpaired) electrons. The Morgan fingerprint density at radius 2 is 1.63 bits per heavy atom. The minimum Gasteiger partial charge on any atom is -0.480 e. The van der Waals surface area contributed by atoms with E-state index in [9.17, 15) is 9.90 Å². The molecule has 0 unspecified atom stereocenters. The fourth-order valence-electron chi connectivity index (χ4n) is 2.66. The van der Waals surface area contributed by atoms with Gasteiger partial charge in [-0.2, -0.15) is 0 Å². The Hall–Kier alpha value is -1.51. The van der Waals surface area contributed by atoms with Crippen molar-refractivity contribution in [3.05, 3.63) is 29.8 Å². The van der Waals surface area contributed by atoms with Crippen LogP contribution >= 0.6 is 0 Å². The van der Waals surface area contributed by atoms with Gasteiger partial charge in [0.2, 0.25) is 0 Å². The van der Waals surface area contributed by atoms with E-state index in [0.717, 1.165) is 18.5 Å². The smallest absolute Gasteiger partial charge is 0.329 e. The third-order valence-electron chi connectivity index (χ3n) is 4.30. The number of carboxylic acid groups (broad SMARTS) is 1. The normalized spacial score (nSPS) is 20.8. The van der Waals surface area contributed by atoms with Crippen molar-refractivity contribution >= 4 is 11.7 Å². The van der Waals surface area contributed by atoms with E-state index in [1.807, 2.05) is 31.2 Å². The molecule has 0 bridgehead atoms. The molecule has 1 aliphatic carbocycles. The third-order valence-corrected chi connectivity index (χ3v) is 4.30. The summed E-state index contributed by atoms with van der Waals surface area (Å²) >= 11 is 0. The molecule has 3 heteroatoms. The third kappa shape index (κ3) is 3.09. The van der Waals surface area contributed by atoms with Gasteiger partial charge in [0.15, 0.2) is 0 Å². The minimum absolute atomic E-state index is 0.258. The quantitative estimate of drug-likeness (QED) is 0.869. The maximum Gasteiger partial charge on any atom is 0.329 e. The zero-order valence-electron chi connectivity index (χ0n) is 12.0. The van der Waals surface area contributed by atoms with Gasteiger partial charge in [-0.25, -0.2) is 4.79 Å². The Balaban J connectivity index is 2.17. The standard InChI is InChI=1S/C16H23NO2/c1-12-4-6-13(7-5-12)17-16(14(18)19)10-8-15(2,3)9-11-16/h4-7,17H,8-11H2,1-3H3,(H,18,19). The van der Waals surface area contributed by atoms with Crippen LogP contribution in [0.1, 0.15) is 45.1 Å². The summed E-state index contributed by atoms with van der Waals surface area (Å²) in [4.78, 5) is 11.7. The van der Waals surface area contributed by atoms with E-state index < -0.39 is 11.5 Å². The van der Waals surface area contributed by atoms with Crippen molar-refractivity contribution < 1.29 is 9.90 Å². The van der Waals surface area contributed by atoms with Crippen LogP contribution in [0.5, 0.6) is 0 Å². The van der Waals surface area contributed by atoms with E-state index in [4.69, 9.17) is 0 Å². The highest BCUT2D eigenvalue weighted by atomic mass is 16.4. The van der Waals surface area contributed by atoms with Crippen molar-refractivity contribution in [3.63, 3.8) is 0 Å². The Labute approximate surface area is 115 Å². The van der Waals surface area contributed by atoms with Gasteiger partial charge in [0.25, 0.3) is 0 Å². The molecule has 0 heterocycles. The lowest BCUT2D eigenvalue weighted by Crippen LogP contribution is -2.50. The predicted octanol–water partition coefficient (Wildman–Crippen LogP) is 3.83. The van der Waals surface area contributed by atoms with Crippen LogP contribution in [0.3, 0.4) is 0 Å². The molecule has 1 aromatic rings. The SMILES string of the molecule is Cc1ccc(NC2(C(=O)O)CCC(C)(C)CC2)cc1. The van der Waals surface area contributed by atoms with Gasteiger partial charge >= 0.3 is 5.97 Å². The molecule has 0 aliphatic heterocycles. The van der Waals surface area contributed by atoms with Gasteiger partial charge in [-0.1, -0.05) is 31.5 Å². The summed E-state index contributed by atoms with van der Waals surface area (Å²) in [6, 6.07) is 7.93. The Bertz CT molecular complexity index is 452. The maximum absolute atomic E-state index is 11.7. The number of carbonyl (C=O) groups is 1. The summed E-state index contributed by atoms with van der Waals surface area (Å²) < 4.78 is 0. The largest absolute Gasteiger partial charge is 0.480 e. The van der Waals surface area contributed by atoms with Crippen molar-refractivity contribution in [2.24, 2.45) is 5.41 Å². The highest BCUT2D eigenvalue weighted by Crippen LogP contribution is 2.41. The number of benzene rings is 1. The fourth-order valence-corrected chi connectivity index (χ4v) is 2.66. The average Bonchev–Trinajstić information content (AvgIpc) is 2.35. The second-order valence-corrected chi connectivity index (χ2v) is 6.54. The van der Waals surface area contributed by atoms with Crippen LogP contribution in [-0.2, 0) is 4.79 Å². The van der Waals surface area contributed by atoms with Gasteiger partial charge in [-0.05, 0) is 50.2 Å². The van der Waals surface area contributed by atoms with Crippen LogP contribution in [-0.4, -0.2) is 16.6 Å². The lowest BCUT2D eigenvalue weighted by Gasteiger charge is -2.41. The first kappa shape index (κ1) is 13.9. The molecule has 1 aliphatic rings. The Morgan fingerprint density at radius 3 is 2.11 bits per heavy atom. The highest BCUT2D eigenvalue weighted by Gasteiger charge is 2.44. The first-order valence-electron chi connectivity index (χ1n) is 6.91. The Kier molecular flexibility index (Phi) is 3.57. The molecule has 0 spiro atoms. The van der Waals surface area contributed by atoms with Crippen LogP contribution in [0, 0.1) is 12.3 Å². The molecule has 19 heavy (non-hydrogen) atoms. The summed E-state index contributed by atoms with van der Waals surface area (Å²) in [5.74, 6) is -0.733. The molecular formula is C16H23NO2. The van der Waals surface area contributed by atoms with E-state index >= 15 is 0 Å². The molecule has 0 saturated heterocycles. The maximum atomic E-state index is 11.7. The van der Waals surface area contributed by atoms with Gasteiger partial charge in [0.1, 0.15) is 5.54 Å². The number of aliphatic carboxylic acids is 1. The highest BCUT2D eigenvalue weighted by molar-refractivity contribution is 5.83. The molecule has 2 rings (SSSR count). The summed E-state index contributed by atoms with van der Waals surface area (Å²) in [6.07, 6.45) is 3.25. The lowest BCUT2D eigenvalue weighted by atomic mass is 9.69. The van der Waals surface area contributed by atoms with Gasteiger partial charge in [-0.15, -0.1) is 0 Å². The number of carboxylic acids is 1. The van der Waals surface area contributed by atoms with Crippen molar-refractivity contribution in [1.29, 1.82) is 0 Å². The second kappa shape index (κ2) is 4.87. The molecule has 1 fully saturated rings. The minimum atomic E-state index is -0.801. The predicted molar refractivity (Wildman–Crippen MR) is 77.4 cm³/mol. The molecule has 2 N–H and O–H groups in total. The van der Waals surface area contributed by atoms with Gasteiger partial charge < -0.3 is 10.4 Å². The van der Waals surface area contributed by atoms with Crippen LogP contribution in [0.4, 0.5) is 5.69 Å². The fraction of sp³-hybridized carbons (Fsp3) is 0.562. The van der Waals surface area contributed by atoms with Crippen LogP contribution in [0.15, 0.2) is 24.3 Å². The first-order valence-corrected chi connectivity index (χ1v) is 6.91. The number of hydrogen-bond acceptors (Lipinski definition) is 2. The second-order valence-electron chi connectivity index (χ2n) is 6.54. The molecule has 1 aromatic carbocycles. The number of anilines is 1. The van der Waals surface area contributed by atoms with Gasteiger partial charge in [-0.3, -0.25) is 0 Å². The van der Waals surface area contributed by atoms with E-state index in [2.05, 4.69) is 19.2 Å². The van der Waals surface area contributed by atoms with Gasteiger partial charge in [0, 0.05) is 5.69 Å². The molecule has 0 aromatic heterocycles. The van der Waals surface area contributed by atoms with Crippen LogP contribution < -0.4 is 5.32 Å². The van der Waals surface area contributed by atoms with E-state index in [1.54, 1.807) is 0 Å². The molecule has 1 saturated carbocycles. The number of nitrogens with one attached hydrogen (secondary N) is 1. The topological polar surface area (TPSA) is 49.3 Å². The summed E-state index contributed by atoms with van der Waals surface area (Å²) in [7, 11) is 0. The first-order chi connectivity index (χ1) is 8.83. The number of hydrogen-bond donors (Lipinski definition) is 2. The van der Waals surface area contributed by atoms with E-state index in [1.165, 1.54) is 5.56 Å². The van der Waals surface area contributed by atoms with Crippen LogP contribution in [0.25, 0.3) is 0 Å². The zero-order valence-corrected chi connectivity index (χ0v) is 12.0. The molecule has 104 valence electrons. The monoisotopic (exact) mass is 261 g/mol. The van der Waals surface area contributed by atoms with E-state index in [0.29, 0.717) is 12.8 Å². The lowest BCUT2D eigenvalue weighted by molar-refractivity contribution is -0.144. The zero-order chi connectivity index (χ0) is 14.1.